The number of carbonyl (C=O) groups excluding carboxylic acids is 1. The fraction of sp³-hybridized carbons (Fsp3) is 0.409. The van der Waals surface area contributed by atoms with Crippen molar-refractivity contribution in [2.45, 2.75) is 43.7 Å². The van der Waals surface area contributed by atoms with E-state index in [1.807, 2.05) is 60.7 Å². The van der Waals surface area contributed by atoms with Gasteiger partial charge >= 0.3 is 6.09 Å². The van der Waals surface area contributed by atoms with Crippen LogP contribution in [0.15, 0.2) is 60.7 Å². The lowest BCUT2D eigenvalue weighted by Gasteiger charge is -2.52. The molecule has 2 aromatic rings. The van der Waals surface area contributed by atoms with Crippen molar-refractivity contribution in [1.29, 1.82) is 0 Å². The molecule has 2 heterocycles. The summed E-state index contributed by atoms with van der Waals surface area (Å²) in [6.07, 6.45) is -3.23. The lowest BCUT2D eigenvalue weighted by Crippen LogP contribution is -2.70. The van der Waals surface area contributed by atoms with Crippen LogP contribution in [-0.2, 0) is 20.8 Å². The molecule has 0 aliphatic carbocycles. The minimum Gasteiger partial charge on any atom is -0.445 e. The molecule has 0 saturated carbocycles. The second-order valence-corrected chi connectivity index (χ2v) is 7.71. The number of aliphatic hydroxyl groups is 2. The molecule has 154 valence electrons. The second kappa shape index (κ2) is 8.12. The topological polar surface area (TPSA) is 88.5 Å². The van der Waals surface area contributed by atoms with Crippen LogP contribution in [0.3, 0.4) is 0 Å². The van der Waals surface area contributed by atoms with E-state index in [1.165, 1.54) is 11.8 Å². The SMILES string of the molecule is C[C@@]1(O)CN(C(=O)OCc2ccccc2)[C@@H]2CO[C@@H](c3ccccc3)O[C@H]2[C@@H]1O. The van der Waals surface area contributed by atoms with Crippen molar-refractivity contribution >= 4 is 6.09 Å². The summed E-state index contributed by atoms with van der Waals surface area (Å²) < 4.78 is 17.3. The largest absolute Gasteiger partial charge is 0.445 e. The standard InChI is InChI=1S/C22H25NO6/c1-22(26)14-23(21(25)28-12-15-8-4-2-5-9-15)17-13-27-20(29-18(17)19(22)24)16-10-6-3-7-11-16/h2-11,17-20,24,26H,12-14H2,1H3/t17-,18-,19+,20-,22-/m1/s1. The van der Waals surface area contributed by atoms with Crippen molar-refractivity contribution in [2.75, 3.05) is 13.2 Å². The maximum atomic E-state index is 12.8. The van der Waals surface area contributed by atoms with Gasteiger partial charge in [0.1, 0.15) is 24.4 Å². The number of piperidine rings is 1. The summed E-state index contributed by atoms with van der Waals surface area (Å²) in [4.78, 5) is 14.2. The number of β-amino-alcohol motifs (C(OH)–C–C–N with tert-alkyl or cyclic N) is 1. The van der Waals surface area contributed by atoms with Crippen LogP contribution >= 0.6 is 0 Å². The quantitative estimate of drug-likeness (QED) is 0.823. The van der Waals surface area contributed by atoms with Gasteiger partial charge in [-0.1, -0.05) is 60.7 Å². The number of benzene rings is 2. The van der Waals surface area contributed by atoms with Gasteiger partial charge in [-0.2, -0.15) is 0 Å². The first-order valence-electron chi connectivity index (χ1n) is 9.65. The molecule has 1 amide bonds. The molecule has 29 heavy (non-hydrogen) atoms. The molecule has 0 aromatic heterocycles. The molecule has 7 nitrogen and oxygen atoms in total. The molecule has 2 N–H and O–H groups in total. The smallest absolute Gasteiger partial charge is 0.410 e. The number of amides is 1. The molecule has 4 rings (SSSR count). The first-order valence-corrected chi connectivity index (χ1v) is 9.65. The Morgan fingerprint density at radius 2 is 1.83 bits per heavy atom. The van der Waals surface area contributed by atoms with Crippen LogP contribution in [0.5, 0.6) is 0 Å². The molecular formula is C22H25NO6. The minimum atomic E-state index is -1.54. The minimum absolute atomic E-state index is 0.0777. The average Bonchev–Trinajstić information content (AvgIpc) is 2.75. The van der Waals surface area contributed by atoms with Gasteiger partial charge in [0.25, 0.3) is 0 Å². The van der Waals surface area contributed by atoms with Gasteiger partial charge < -0.3 is 24.4 Å². The average molecular weight is 399 g/mol. The molecule has 0 spiro atoms. The Bertz CT molecular complexity index is 828. The highest BCUT2D eigenvalue weighted by atomic mass is 16.7. The van der Waals surface area contributed by atoms with Crippen molar-refractivity contribution in [3.63, 3.8) is 0 Å². The molecule has 2 aromatic carbocycles. The van der Waals surface area contributed by atoms with E-state index in [-0.39, 0.29) is 19.8 Å². The number of hydrogen-bond donors (Lipinski definition) is 2. The zero-order chi connectivity index (χ0) is 20.4. The molecule has 2 aliphatic rings. The molecule has 0 bridgehead atoms. The highest BCUT2D eigenvalue weighted by Crippen LogP contribution is 2.36. The third kappa shape index (κ3) is 4.13. The molecule has 5 atom stereocenters. The molecule has 0 unspecified atom stereocenters. The summed E-state index contributed by atoms with van der Waals surface area (Å²) in [7, 11) is 0. The number of fused-ring (bicyclic) bond motifs is 1. The highest BCUT2D eigenvalue weighted by Gasteiger charge is 2.54. The number of nitrogens with zero attached hydrogens (tertiary/aromatic N) is 1. The van der Waals surface area contributed by atoms with Crippen molar-refractivity contribution in [3.8, 4) is 0 Å². The highest BCUT2D eigenvalue weighted by molar-refractivity contribution is 5.68. The summed E-state index contributed by atoms with van der Waals surface area (Å²) in [5.41, 5.74) is 0.133. The van der Waals surface area contributed by atoms with E-state index in [9.17, 15) is 15.0 Å². The van der Waals surface area contributed by atoms with Gasteiger partial charge in [-0.15, -0.1) is 0 Å². The second-order valence-electron chi connectivity index (χ2n) is 7.71. The first-order chi connectivity index (χ1) is 14.0. The van der Waals surface area contributed by atoms with Gasteiger partial charge in [-0.3, -0.25) is 4.90 Å². The summed E-state index contributed by atoms with van der Waals surface area (Å²) >= 11 is 0. The van der Waals surface area contributed by atoms with E-state index in [0.29, 0.717) is 0 Å². The Morgan fingerprint density at radius 1 is 1.17 bits per heavy atom. The van der Waals surface area contributed by atoms with Gasteiger partial charge in [0.05, 0.1) is 19.2 Å². The lowest BCUT2D eigenvalue weighted by atomic mass is 9.84. The number of likely N-dealkylation sites (tertiary alicyclic amines) is 1. The van der Waals surface area contributed by atoms with Crippen LogP contribution in [0.25, 0.3) is 0 Å². The fourth-order valence-electron chi connectivity index (χ4n) is 3.80. The number of carbonyl (C=O) groups is 1. The van der Waals surface area contributed by atoms with Gasteiger partial charge in [-0.25, -0.2) is 4.79 Å². The normalized spacial score (nSPS) is 31.8. The molecule has 0 radical (unpaired) electrons. The van der Waals surface area contributed by atoms with Crippen molar-refractivity contribution in [3.05, 3.63) is 71.8 Å². The Balaban J connectivity index is 1.49. The predicted octanol–water partition coefficient (Wildman–Crippen LogP) is 2.23. The number of ether oxygens (including phenoxy) is 3. The van der Waals surface area contributed by atoms with Crippen LogP contribution in [0.4, 0.5) is 4.79 Å². The van der Waals surface area contributed by atoms with Crippen LogP contribution in [0, 0.1) is 0 Å². The van der Waals surface area contributed by atoms with Crippen molar-refractivity contribution in [2.24, 2.45) is 0 Å². The van der Waals surface area contributed by atoms with Crippen molar-refractivity contribution < 1.29 is 29.2 Å². The molecule has 2 aliphatic heterocycles. The third-order valence-corrected chi connectivity index (χ3v) is 5.43. The fourth-order valence-corrected chi connectivity index (χ4v) is 3.80. The van der Waals surface area contributed by atoms with Crippen LogP contribution < -0.4 is 0 Å². The van der Waals surface area contributed by atoms with Gasteiger partial charge in [-0.05, 0) is 12.5 Å². The van der Waals surface area contributed by atoms with Crippen LogP contribution in [0.2, 0.25) is 0 Å². The summed E-state index contributed by atoms with van der Waals surface area (Å²) in [6, 6.07) is 18.2. The maximum Gasteiger partial charge on any atom is 0.410 e. The summed E-state index contributed by atoms with van der Waals surface area (Å²) in [5, 5.41) is 21.4. The monoisotopic (exact) mass is 399 g/mol. The molecular weight excluding hydrogens is 374 g/mol. The zero-order valence-corrected chi connectivity index (χ0v) is 16.2. The van der Waals surface area contributed by atoms with E-state index >= 15 is 0 Å². The molecule has 2 saturated heterocycles. The van der Waals surface area contributed by atoms with Crippen LogP contribution in [0.1, 0.15) is 24.3 Å². The third-order valence-electron chi connectivity index (χ3n) is 5.43. The predicted molar refractivity (Wildman–Crippen MR) is 104 cm³/mol. The lowest BCUT2D eigenvalue weighted by molar-refractivity contribution is -0.296. The Labute approximate surface area is 169 Å². The Kier molecular flexibility index (Phi) is 5.56. The number of hydrogen-bond acceptors (Lipinski definition) is 6. The van der Waals surface area contributed by atoms with E-state index in [0.717, 1.165) is 11.1 Å². The maximum absolute atomic E-state index is 12.8. The molecule has 7 heteroatoms. The van der Waals surface area contributed by atoms with E-state index < -0.39 is 36.2 Å². The Morgan fingerprint density at radius 3 is 2.52 bits per heavy atom. The van der Waals surface area contributed by atoms with Gasteiger partial charge in [0.15, 0.2) is 6.29 Å². The number of aliphatic hydroxyl groups excluding tert-OH is 1. The van der Waals surface area contributed by atoms with E-state index in [1.54, 1.807) is 0 Å². The summed E-state index contributed by atoms with van der Waals surface area (Å²) in [5.74, 6) is 0. The molecule has 2 fully saturated rings. The Hall–Kier alpha value is -2.45. The first kappa shape index (κ1) is 19.8. The van der Waals surface area contributed by atoms with E-state index in [2.05, 4.69) is 0 Å². The summed E-state index contributed by atoms with van der Waals surface area (Å²) in [6.45, 7) is 1.69. The number of rotatable bonds is 3. The van der Waals surface area contributed by atoms with Gasteiger partial charge in [0.2, 0.25) is 0 Å². The van der Waals surface area contributed by atoms with Crippen molar-refractivity contribution in [1.82, 2.24) is 4.90 Å². The van der Waals surface area contributed by atoms with Gasteiger partial charge in [0, 0.05) is 5.56 Å². The van der Waals surface area contributed by atoms with Crippen LogP contribution in [-0.4, -0.2) is 58.2 Å². The zero-order valence-electron chi connectivity index (χ0n) is 16.2. The van der Waals surface area contributed by atoms with E-state index in [4.69, 9.17) is 14.2 Å².